The van der Waals surface area contributed by atoms with Gasteiger partial charge in [0.15, 0.2) is 0 Å². The maximum Gasteiger partial charge on any atom is 0.322 e. The molecule has 2 amide bonds. The second-order valence-electron chi connectivity index (χ2n) is 7.13. The minimum Gasteiger partial charge on any atom is -0.480 e. The molecule has 0 heterocycles. The van der Waals surface area contributed by atoms with Crippen LogP contribution in [0.2, 0.25) is 0 Å². The van der Waals surface area contributed by atoms with E-state index in [1.54, 1.807) is 24.3 Å². The zero-order valence-corrected chi connectivity index (χ0v) is 16.4. The predicted octanol–water partition coefficient (Wildman–Crippen LogP) is 3.76. The van der Waals surface area contributed by atoms with E-state index in [0.29, 0.717) is 23.6 Å². The van der Waals surface area contributed by atoms with E-state index in [1.807, 2.05) is 6.92 Å². The fraction of sp³-hybridized carbons (Fsp3) is 0.318. The van der Waals surface area contributed by atoms with Crippen molar-refractivity contribution in [2.45, 2.75) is 39.0 Å². The van der Waals surface area contributed by atoms with E-state index in [1.165, 1.54) is 5.56 Å². The van der Waals surface area contributed by atoms with Crippen LogP contribution in [-0.2, 0) is 9.59 Å². The van der Waals surface area contributed by atoms with Crippen LogP contribution in [-0.4, -0.2) is 29.4 Å². The molecular weight excluding hydrogens is 356 g/mol. The molecular formula is C22H26N2O4. The second kappa shape index (κ2) is 9.69. The van der Waals surface area contributed by atoms with Crippen LogP contribution in [0.4, 0.5) is 5.69 Å². The Kier molecular flexibility index (Phi) is 7.32. The summed E-state index contributed by atoms with van der Waals surface area (Å²) in [5, 5.41) is 13.7. The van der Waals surface area contributed by atoms with Crippen LogP contribution in [0.5, 0.6) is 0 Å². The van der Waals surface area contributed by atoms with Crippen molar-refractivity contribution in [3.8, 4) is 0 Å². The van der Waals surface area contributed by atoms with Gasteiger partial charge in [0.25, 0.3) is 5.91 Å². The fourth-order valence-corrected chi connectivity index (χ4v) is 2.78. The van der Waals surface area contributed by atoms with Crippen LogP contribution in [0.15, 0.2) is 48.5 Å². The first kappa shape index (κ1) is 21.2. The quantitative estimate of drug-likeness (QED) is 0.648. The molecule has 0 bridgehead atoms. The molecule has 0 saturated heterocycles. The lowest BCUT2D eigenvalue weighted by Gasteiger charge is -2.14. The van der Waals surface area contributed by atoms with E-state index < -0.39 is 18.4 Å². The Balaban J connectivity index is 1.90. The Morgan fingerprint density at radius 1 is 0.893 bits per heavy atom. The number of carbonyl (C=O) groups excluding carboxylic acids is 2. The zero-order valence-electron chi connectivity index (χ0n) is 16.4. The summed E-state index contributed by atoms with van der Waals surface area (Å²) in [5.74, 6) is -1.13. The van der Waals surface area contributed by atoms with E-state index in [0.717, 1.165) is 5.56 Å². The van der Waals surface area contributed by atoms with Crippen LogP contribution in [0.3, 0.4) is 0 Å². The van der Waals surface area contributed by atoms with Gasteiger partial charge in [-0.25, -0.2) is 0 Å². The number of hydrogen-bond acceptors (Lipinski definition) is 3. The third-order valence-corrected chi connectivity index (χ3v) is 4.49. The van der Waals surface area contributed by atoms with E-state index in [2.05, 4.69) is 48.7 Å². The van der Waals surface area contributed by atoms with Gasteiger partial charge in [0.1, 0.15) is 6.54 Å². The first-order valence-corrected chi connectivity index (χ1v) is 9.26. The number of amides is 2. The summed E-state index contributed by atoms with van der Waals surface area (Å²) in [6.45, 7) is 5.87. The summed E-state index contributed by atoms with van der Waals surface area (Å²) in [6, 6.07) is 14.7. The molecule has 0 aromatic heterocycles. The Morgan fingerprint density at radius 3 is 2.00 bits per heavy atom. The van der Waals surface area contributed by atoms with Crippen molar-refractivity contribution in [2.75, 3.05) is 11.9 Å². The van der Waals surface area contributed by atoms with Gasteiger partial charge in [-0.1, -0.05) is 45.0 Å². The minimum absolute atomic E-state index is 0.0854. The molecule has 1 unspecified atom stereocenters. The van der Waals surface area contributed by atoms with Gasteiger partial charge in [-0.05, 0) is 47.2 Å². The van der Waals surface area contributed by atoms with Gasteiger partial charge in [0.2, 0.25) is 5.91 Å². The Morgan fingerprint density at radius 2 is 1.46 bits per heavy atom. The maximum atomic E-state index is 12.3. The highest BCUT2D eigenvalue weighted by molar-refractivity contribution is 5.97. The van der Waals surface area contributed by atoms with Crippen molar-refractivity contribution in [1.82, 2.24) is 5.32 Å². The smallest absolute Gasteiger partial charge is 0.322 e. The minimum atomic E-state index is -1.11. The van der Waals surface area contributed by atoms with Gasteiger partial charge in [-0.3, -0.25) is 14.4 Å². The second-order valence-corrected chi connectivity index (χ2v) is 7.13. The van der Waals surface area contributed by atoms with Gasteiger partial charge < -0.3 is 15.7 Å². The van der Waals surface area contributed by atoms with E-state index in [9.17, 15) is 14.4 Å². The first-order chi connectivity index (χ1) is 13.3. The number of benzene rings is 2. The summed E-state index contributed by atoms with van der Waals surface area (Å²) in [4.78, 5) is 34.6. The molecule has 0 aliphatic heterocycles. The number of carboxylic acids is 1. The monoisotopic (exact) mass is 382 g/mol. The lowest BCUT2D eigenvalue weighted by molar-refractivity contribution is -0.135. The average molecular weight is 382 g/mol. The third kappa shape index (κ3) is 6.23. The Labute approximate surface area is 165 Å². The van der Waals surface area contributed by atoms with Gasteiger partial charge >= 0.3 is 5.97 Å². The largest absolute Gasteiger partial charge is 0.480 e. The summed E-state index contributed by atoms with van der Waals surface area (Å²) >= 11 is 0. The van der Waals surface area contributed by atoms with Crippen molar-refractivity contribution in [2.24, 2.45) is 0 Å². The molecule has 0 radical (unpaired) electrons. The van der Waals surface area contributed by atoms with Gasteiger partial charge in [0, 0.05) is 17.7 Å². The van der Waals surface area contributed by atoms with Crippen molar-refractivity contribution < 1.29 is 19.5 Å². The molecule has 2 aromatic carbocycles. The predicted molar refractivity (Wildman–Crippen MR) is 109 cm³/mol. The van der Waals surface area contributed by atoms with Gasteiger partial charge in [-0.15, -0.1) is 0 Å². The van der Waals surface area contributed by atoms with Crippen LogP contribution < -0.4 is 10.6 Å². The summed E-state index contributed by atoms with van der Waals surface area (Å²) < 4.78 is 0. The van der Waals surface area contributed by atoms with Gasteiger partial charge in [0.05, 0.1) is 0 Å². The molecule has 6 nitrogen and oxygen atoms in total. The molecule has 6 heteroatoms. The van der Waals surface area contributed by atoms with Gasteiger partial charge in [-0.2, -0.15) is 0 Å². The molecule has 2 rings (SSSR count). The number of aliphatic carboxylic acids is 1. The van der Waals surface area contributed by atoms with E-state index in [-0.39, 0.29) is 11.8 Å². The standard InChI is InChI=1S/C22H26N2O4/c1-14(2)16-4-6-17(7-5-16)15(3)12-20(25)24-19-10-8-18(9-11-19)22(28)23-13-21(26)27/h4-11,14-15H,12-13H2,1-3H3,(H,23,28)(H,24,25)(H,26,27). The van der Waals surface area contributed by atoms with Crippen LogP contribution in [0.25, 0.3) is 0 Å². The molecule has 3 N–H and O–H groups in total. The third-order valence-electron chi connectivity index (χ3n) is 4.49. The Bertz CT molecular complexity index is 827. The first-order valence-electron chi connectivity index (χ1n) is 9.26. The molecule has 0 saturated carbocycles. The molecule has 0 fully saturated rings. The maximum absolute atomic E-state index is 12.3. The molecule has 0 aliphatic rings. The number of hydrogen-bond donors (Lipinski definition) is 3. The number of carbonyl (C=O) groups is 3. The molecule has 0 aliphatic carbocycles. The lowest BCUT2D eigenvalue weighted by Crippen LogP contribution is -2.29. The van der Waals surface area contributed by atoms with E-state index >= 15 is 0 Å². The lowest BCUT2D eigenvalue weighted by atomic mass is 9.94. The topological polar surface area (TPSA) is 95.5 Å². The van der Waals surface area contributed by atoms with Crippen molar-refractivity contribution >= 4 is 23.5 Å². The normalized spacial score (nSPS) is 11.7. The highest BCUT2D eigenvalue weighted by atomic mass is 16.4. The number of rotatable bonds is 8. The fourth-order valence-electron chi connectivity index (χ4n) is 2.78. The molecule has 2 aromatic rings. The number of anilines is 1. The highest BCUT2D eigenvalue weighted by Crippen LogP contribution is 2.23. The van der Waals surface area contributed by atoms with Crippen LogP contribution in [0, 0.1) is 0 Å². The van der Waals surface area contributed by atoms with Crippen LogP contribution in [0.1, 0.15) is 60.5 Å². The summed E-state index contributed by atoms with van der Waals surface area (Å²) in [5.41, 5.74) is 3.30. The molecule has 0 spiro atoms. The van der Waals surface area contributed by atoms with Crippen molar-refractivity contribution in [3.05, 3.63) is 65.2 Å². The average Bonchev–Trinajstić information content (AvgIpc) is 2.66. The van der Waals surface area contributed by atoms with Crippen molar-refractivity contribution in [3.63, 3.8) is 0 Å². The number of nitrogens with one attached hydrogen (secondary N) is 2. The van der Waals surface area contributed by atoms with Crippen molar-refractivity contribution in [1.29, 1.82) is 0 Å². The number of carboxylic acid groups (broad SMARTS) is 1. The highest BCUT2D eigenvalue weighted by Gasteiger charge is 2.13. The molecule has 28 heavy (non-hydrogen) atoms. The molecule has 1 atom stereocenters. The van der Waals surface area contributed by atoms with E-state index in [4.69, 9.17) is 5.11 Å². The SMILES string of the molecule is CC(C)c1ccc(C(C)CC(=O)Nc2ccc(C(=O)NCC(=O)O)cc2)cc1. The summed E-state index contributed by atoms with van der Waals surface area (Å²) in [7, 11) is 0. The Hall–Kier alpha value is -3.15. The summed E-state index contributed by atoms with van der Waals surface area (Å²) in [6.07, 6.45) is 0.349. The molecule has 148 valence electrons. The van der Waals surface area contributed by atoms with Crippen LogP contribution >= 0.6 is 0 Å². The zero-order chi connectivity index (χ0) is 20.7.